The first-order chi connectivity index (χ1) is 7.77. The number of amides is 1. The zero-order valence-corrected chi connectivity index (χ0v) is 9.35. The van der Waals surface area contributed by atoms with E-state index >= 15 is 0 Å². The van der Waals surface area contributed by atoms with Gasteiger partial charge in [-0.3, -0.25) is 9.63 Å². The van der Waals surface area contributed by atoms with Crippen molar-refractivity contribution in [1.82, 2.24) is 5.48 Å². The predicted molar refractivity (Wildman–Crippen MR) is 60.8 cm³/mol. The van der Waals surface area contributed by atoms with Gasteiger partial charge in [0, 0.05) is 12.2 Å². The Bertz CT molecular complexity index is 313. The van der Waals surface area contributed by atoms with E-state index < -0.39 is 0 Å². The van der Waals surface area contributed by atoms with Crippen LogP contribution in [0.2, 0.25) is 0 Å². The molecule has 4 nitrogen and oxygen atoms in total. The molecule has 88 valence electrons. The Hall–Kier alpha value is -1.39. The minimum Gasteiger partial charge on any atom is -0.396 e. The maximum Gasteiger partial charge on any atom is 0.274 e. The van der Waals surface area contributed by atoms with Gasteiger partial charge in [0.25, 0.3) is 5.91 Å². The second kappa shape index (κ2) is 6.98. The van der Waals surface area contributed by atoms with Crippen LogP contribution in [0.1, 0.15) is 30.1 Å². The minimum absolute atomic E-state index is 0.0553. The van der Waals surface area contributed by atoms with Gasteiger partial charge in [0.15, 0.2) is 0 Å². The van der Waals surface area contributed by atoms with Gasteiger partial charge in [-0.2, -0.15) is 0 Å². The minimum atomic E-state index is -0.267. The summed E-state index contributed by atoms with van der Waals surface area (Å²) in [6.45, 7) is 1.99. The fourth-order valence-electron chi connectivity index (χ4n) is 1.28. The van der Waals surface area contributed by atoms with Crippen molar-refractivity contribution in [3.8, 4) is 0 Å². The lowest BCUT2D eigenvalue weighted by Crippen LogP contribution is -2.29. The maximum absolute atomic E-state index is 11.6. The van der Waals surface area contributed by atoms with Gasteiger partial charge in [-0.1, -0.05) is 25.1 Å². The number of nitrogens with one attached hydrogen (secondary N) is 1. The summed E-state index contributed by atoms with van der Waals surface area (Å²) in [5.41, 5.74) is 2.94. The van der Waals surface area contributed by atoms with Crippen molar-refractivity contribution in [2.75, 3.05) is 6.61 Å². The molecule has 1 rings (SSSR count). The highest BCUT2D eigenvalue weighted by atomic mass is 16.7. The van der Waals surface area contributed by atoms with E-state index in [0.29, 0.717) is 12.0 Å². The van der Waals surface area contributed by atoms with Crippen molar-refractivity contribution in [3.05, 3.63) is 35.9 Å². The van der Waals surface area contributed by atoms with Gasteiger partial charge >= 0.3 is 0 Å². The summed E-state index contributed by atoms with van der Waals surface area (Å²) in [7, 11) is 0. The molecule has 0 aliphatic carbocycles. The Morgan fingerprint density at radius 3 is 2.69 bits per heavy atom. The highest BCUT2D eigenvalue weighted by Crippen LogP contribution is 2.02. The zero-order valence-electron chi connectivity index (χ0n) is 9.35. The molecule has 0 saturated carbocycles. The van der Waals surface area contributed by atoms with E-state index in [2.05, 4.69) is 5.48 Å². The summed E-state index contributed by atoms with van der Waals surface area (Å²) in [6, 6.07) is 8.86. The monoisotopic (exact) mass is 223 g/mol. The van der Waals surface area contributed by atoms with Gasteiger partial charge in [0.1, 0.15) is 0 Å². The molecule has 16 heavy (non-hydrogen) atoms. The molecule has 0 aliphatic heterocycles. The lowest BCUT2D eigenvalue weighted by atomic mass is 10.2. The van der Waals surface area contributed by atoms with E-state index in [1.54, 1.807) is 24.3 Å². The lowest BCUT2D eigenvalue weighted by Gasteiger charge is -2.14. The van der Waals surface area contributed by atoms with Gasteiger partial charge in [0.2, 0.25) is 0 Å². The number of rotatable bonds is 6. The van der Waals surface area contributed by atoms with Crippen molar-refractivity contribution in [3.63, 3.8) is 0 Å². The van der Waals surface area contributed by atoms with Gasteiger partial charge in [0.05, 0.1) is 6.10 Å². The maximum atomic E-state index is 11.6. The number of benzene rings is 1. The number of hydrogen-bond donors (Lipinski definition) is 2. The van der Waals surface area contributed by atoms with E-state index in [4.69, 9.17) is 9.94 Å². The number of hydroxylamine groups is 1. The number of aliphatic hydroxyl groups is 1. The largest absolute Gasteiger partial charge is 0.396 e. The van der Waals surface area contributed by atoms with Crippen molar-refractivity contribution in [1.29, 1.82) is 0 Å². The van der Waals surface area contributed by atoms with E-state index in [9.17, 15) is 4.79 Å². The highest BCUT2D eigenvalue weighted by Gasteiger charge is 2.09. The molecule has 0 saturated heterocycles. The normalized spacial score (nSPS) is 12.1. The molecule has 1 unspecified atom stereocenters. The average Bonchev–Trinajstić information content (AvgIpc) is 2.35. The molecular formula is C12H17NO3. The topological polar surface area (TPSA) is 58.6 Å². The Morgan fingerprint density at radius 1 is 1.44 bits per heavy atom. The van der Waals surface area contributed by atoms with Crippen LogP contribution in [-0.2, 0) is 4.84 Å². The Balaban J connectivity index is 2.40. The fraction of sp³-hybridized carbons (Fsp3) is 0.417. The fourth-order valence-corrected chi connectivity index (χ4v) is 1.28. The predicted octanol–water partition coefficient (Wildman–Crippen LogP) is 1.51. The van der Waals surface area contributed by atoms with Crippen LogP contribution in [0.25, 0.3) is 0 Å². The van der Waals surface area contributed by atoms with Crippen LogP contribution >= 0.6 is 0 Å². The third-order valence-electron chi connectivity index (χ3n) is 2.26. The first kappa shape index (κ1) is 12.7. The zero-order chi connectivity index (χ0) is 11.8. The summed E-state index contributed by atoms with van der Waals surface area (Å²) in [6.07, 6.45) is 1.12. The molecule has 0 fully saturated rings. The molecule has 4 heteroatoms. The van der Waals surface area contributed by atoms with E-state index in [-0.39, 0.29) is 18.6 Å². The first-order valence-electron chi connectivity index (χ1n) is 5.39. The van der Waals surface area contributed by atoms with Crippen LogP contribution in [0.4, 0.5) is 0 Å². The van der Waals surface area contributed by atoms with Gasteiger partial charge in [-0.15, -0.1) is 0 Å². The molecule has 0 heterocycles. The molecule has 1 atom stereocenters. The number of hydrogen-bond acceptors (Lipinski definition) is 3. The van der Waals surface area contributed by atoms with Gasteiger partial charge in [-0.25, -0.2) is 5.48 Å². The van der Waals surface area contributed by atoms with Crippen molar-refractivity contribution >= 4 is 5.91 Å². The quantitative estimate of drug-likeness (QED) is 0.719. The third-order valence-corrected chi connectivity index (χ3v) is 2.26. The molecule has 1 aromatic rings. The molecule has 0 bridgehead atoms. The summed E-state index contributed by atoms with van der Waals surface area (Å²) in [5.74, 6) is -0.267. The van der Waals surface area contributed by atoms with Crippen LogP contribution in [0.3, 0.4) is 0 Å². The summed E-state index contributed by atoms with van der Waals surface area (Å²) in [5, 5.41) is 8.76. The Morgan fingerprint density at radius 2 is 2.12 bits per heavy atom. The standard InChI is InChI=1S/C12H17NO3/c1-2-11(8-9-14)16-13-12(15)10-6-4-3-5-7-10/h3-7,11,14H,2,8-9H2,1H3,(H,13,15). The van der Waals surface area contributed by atoms with Crippen LogP contribution in [0.15, 0.2) is 30.3 Å². The van der Waals surface area contributed by atoms with E-state index in [1.165, 1.54) is 0 Å². The molecule has 1 amide bonds. The Labute approximate surface area is 95.2 Å². The second-order valence-corrected chi connectivity index (χ2v) is 3.46. The van der Waals surface area contributed by atoms with Crippen LogP contribution in [-0.4, -0.2) is 23.7 Å². The number of carbonyl (C=O) groups is 1. The number of carbonyl (C=O) groups excluding carboxylic acids is 1. The Kier molecular flexibility index (Phi) is 5.53. The first-order valence-corrected chi connectivity index (χ1v) is 5.39. The van der Waals surface area contributed by atoms with E-state index in [1.807, 2.05) is 13.0 Å². The number of aliphatic hydroxyl groups excluding tert-OH is 1. The smallest absolute Gasteiger partial charge is 0.274 e. The molecule has 0 spiro atoms. The average molecular weight is 223 g/mol. The summed E-state index contributed by atoms with van der Waals surface area (Å²) >= 11 is 0. The van der Waals surface area contributed by atoms with Crippen molar-refractivity contribution < 1.29 is 14.7 Å². The second-order valence-electron chi connectivity index (χ2n) is 3.46. The molecule has 0 aliphatic rings. The third kappa shape index (κ3) is 4.00. The SMILES string of the molecule is CCC(CCO)ONC(=O)c1ccccc1. The highest BCUT2D eigenvalue weighted by molar-refractivity contribution is 5.93. The van der Waals surface area contributed by atoms with Crippen LogP contribution in [0.5, 0.6) is 0 Å². The van der Waals surface area contributed by atoms with Gasteiger partial charge < -0.3 is 5.11 Å². The summed E-state index contributed by atoms with van der Waals surface area (Å²) in [4.78, 5) is 16.8. The van der Waals surface area contributed by atoms with Crippen molar-refractivity contribution in [2.24, 2.45) is 0 Å². The molecular weight excluding hydrogens is 206 g/mol. The molecule has 2 N–H and O–H groups in total. The van der Waals surface area contributed by atoms with Gasteiger partial charge in [-0.05, 0) is 25.0 Å². The van der Waals surface area contributed by atoms with Crippen LogP contribution < -0.4 is 5.48 Å². The van der Waals surface area contributed by atoms with Crippen molar-refractivity contribution in [2.45, 2.75) is 25.9 Å². The molecule has 0 radical (unpaired) electrons. The van der Waals surface area contributed by atoms with Crippen LogP contribution in [0, 0.1) is 0 Å². The molecule has 1 aromatic carbocycles. The van der Waals surface area contributed by atoms with E-state index in [0.717, 1.165) is 6.42 Å². The molecule has 0 aromatic heterocycles. The lowest BCUT2D eigenvalue weighted by molar-refractivity contribution is -0.0269. The summed E-state index contributed by atoms with van der Waals surface area (Å²) < 4.78 is 0.